The Hall–Kier alpha value is -4.05. The zero-order valence-corrected chi connectivity index (χ0v) is 21.8. The van der Waals surface area contributed by atoms with E-state index in [9.17, 15) is 0 Å². The fraction of sp³-hybridized carbons (Fsp3) is 0.241. The molecule has 9 nitrogen and oxygen atoms in total. The normalized spacial score (nSPS) is 20.3. The van der Waals surface area contributed by atoms with Crippen LogP contribution in [0, 0.1) is 0 Å². The lowest BCUT2D eigenvalue weighted by atomic mass is 10.00. The minimum atomic E-state index is -0.195. The maximum Gasteiger partial charge on any atom is 0.316 e. The van der Waals surface area contributed by atoms with Crippen molar-refractivity contribution in [1.82, 2.24) is 24.9 Å². The fourth-order valence-electron chi connectivity index (χ4n) is 5.07. The Labute approximate surface area is 229 Å². The van der Waals surface area contributed by atoms with Gasteiger partial charge in [-0.1, -0.05) is 60.1 Å². The third kappa shape index (κ3) is 4.58. The number of aromatic amines is 1. The van der Waals surface area contributed by atoms with E-state index in [0.717, 1.165) is 34.2 Å². The van der Waals surface area contributed by atoms with Crippen LogP contribution in [0.2, 0.25) is 5.02 Å². The first-order chi connectivity index (χ1) is 19.1. The monoisotopic (exact) mass is 541 g/mol. The number of fused-ring (bicyclic) bond motifs is 2. The quantitative estimate of drug-likeness (QED) is 0.307. The van der Waals surface area contributed by atoms with Gasteiger partial charge in [-0.2, -0.15) is 4.98 Å². The van der Waals surface area contributed by atoms with Gasteiger partial charge in [0, 0.05) is 30.1 Å². The third-order valence-corrected chi connectivity index (χ3v) is 7.40. The highest BCUT2D eigenvalue weighted by Crippen LogP contribution is 2.33. The minimum Gasteiger partial charge on any atom is -0.467 e. The Kier molecular flexibility index (Phi) is 6.11. The second kappa shape index (κ2) is 9.92. The van der Waals surface area contributed by atoms with Crippen LogP contribution in [-0.4, -0.2) is 63.6 Å². The van der Waals surface area contributed by atoms with Gasteiger partial charge < -0.3 is 23.9 Å². The molecule has 0 aliphatic carbocycles. The maximum absolute atomic E-state index is 6.63. The largest absolute Gasteiger partial charge is 0.467 e. The molecule has 5 heterocycles. The van der Waals surface area contributed by atoms with Crippen molar-refractivity contribution < 1.29 is 18.9 Å². The number of nitrogens with zero attached hydrogens (tertiary/aromatic N) is 4. The fourth-order valence-corrected chi connectivity index (χ4v) is 5.34. The van der Waals surface area contributed by atoms with E-state index < -0.39 is 0 Å². The van der Waals surface area contributed by atoms with E-state index in [1.165, 1.54) is 0 Å². The number of hydrogen-bond acceptors (Lipinski definition) is 8. The van der Waals surface area contributed by atoms with Crippen LogP contribution in [0.4, 0.5) is 0 Å². The molecule has 0 radical (unpaired) electrons. The molecule has 0 saturated carbocycles. The van der Waals surface area contributed by atoms with Crippen molar-refractivity contribution in [3.8, 4) is 45.5 Å². The lowest BCUT2D eigenvalue weighted by Crippen LogP contribution is -2.32. The van der Waals surface area contributed by atoms with Gasteiger partial charge in [-0.3, -0.25) is 0 Å². The van der Waals surface area contributed by atoms with Crippen molar-refractivity contribution in [2.75, 3.05) is 20.3 Å². The highest BCUT2D eigenvalue weighted by atomic mass is 35.5. The summed E-state index contributed by atoms with van der Waals surface area (Å²) in [5.74, 6) is 0. The number of nitrogens with one attached hydrogen (secondary N) is 1. The van der Waals surface area contributed by atoms with Gasteiger partial charge in [0.1, 0.15) is 6.10 Å². The molecule has 0 bridgehead atoms. The summed E-state index contributed by atoms with van der Waals surface area (Å²) in [6, 6.07) is 18.9. The van der Waals surface area contributed by atoms with Gasteiger partial charge in [-0.15, -0.1) is 0 Å². The summed E-state index contributed by atoms with van der Waals surface area (Å²) in [6.07, 6.45) is 4.24. The second-order valence-electron chi connectivity index (χ2n) is 9.50. The Balaban J connectivity index is 1.09. The summed E-state index contributed by atoms with van der Waals surface area (Å²) in [4.78, 5) is 20.8. The second-order valence-corrected chi connectivity index (χ2v) is 9.90. The predicted octanol–water partition coefficient (Wildman–Crippen LogP) is 5.35. The van der Waals surface area contributed by atoms with Crippen LogP contribution >= 0.6 is 11.6 Å². The lowest BCUT2D eigenvalue weighted by Gasteiger charge is -2.15. The number of ether oxygens (including phenoxy) is 4. The van der Waals surface area contributed by atoms with Crippen LogP contribution in [0.15, 0.2) is 67.0 Å². The smallest absolute Gasteiger partial charge is 0.316 e. The molecule has 1 N–H and O–H groups in total. The van der Waals surface area contributed by atoms with Gasteiger partial charge in [0.15, 0.2) is 11.8 Å². The van der Waals surface area contributed by atoms with Gasteiger partial charge in [-0.05, 0) is 29.2 Å². The number of rotatable bonds is 6. The molecule has 2 saturated heterocycles. The lowest BCUT2D eigenvalue weighted by molar-refractivity contribution is 0.0273. The van der Waals surface area contributed by atoms with Crippen LogP contribution in [-0.2, 0) is 9.47 Å². The molecule has 2 aliphatic heterocycles. The molecule has 2 aromatic carbocycles. The molecule has 39 heavy (non-hydrogen) atoms. The van der Waals surface area contributed by atoms with E-state index in [4.69, 9.17) is 35.5 Å². The molecular weight excluding hydrogens is 518 g/mol. The van der Waals surface area contributed by atoms with Gasteiger partial charge >= 0.3 is 6.01 Å². The molecule has 7 rings (SSSR count). The maximum atomic E-state index is 6.63. The Morgan fingerprint density at radius 2 is 1.54 bits per heavy atom. The first-order valence-electron chi connectivity index (χ1n) is 12.7. The number of halogens is 1. The van der Waals surface area contributed by atoms with Crippen molar-refractivity contribution in [3.05, 3.63) is 72.0 Å². The van der Waals surface area contributed by atoms with Gasteiger partial charge in [-0.25, -0.2) is 15.0 Å². The molecule has 0 amide bonds. The third-order valence-electron chi connectivity index (χ3n) is 7.11. The van der Waals surface area contributed by atoms with Gasteiger partial charge in [0.05, 0.1) is 36.1 Å². The molecule has 2 fully saturated rings. The van der Waals surface area contributed by atoms with Crippen molar-refractivity contribution >= 4 is 22.8 Å². The Morgan fingerprint density at radius 1 is 0.872 bits per heavy atom. The average Bonchev–Trinajstić information content (AvgIpc) is 3.70. The number of imidazole rings is 1. The average molecular weight is 542 g/mol. The highest BCUT2D eigenvalue weighted by Gasteiger charge is 2.43. The molecular formula is C29H24ClN5O4. The zero-order valence-electron chi connectivity index (χ0n) is 21.0. The van der Waals surface area contributed by atoms with Crippen LogP contribution in [0.1, 0.15) is 6.42 Å². The van der Waals surface area contributed by atoms with Gasteiger partial charge in [0.25, 0.3) is 6.01 Å². The number of pyridine rings is 1. The predicted molar refractivity (Wildman–Crippen MR) is 146 cm³/mol. The summed E-state index contributed by atoms with van der Waals surface area (Å²) in [5, 5.41) is 0.528. The number of hydrogen-bond donors (Lipinski definition) is 1. The molecule has 196 valence electrons. The van der Waals surface area contributed by atoms with Crippen LogP contribution < -0.4 is 9.47 Å². The molecule has 10 heteroatoms. The topological polar surface area (TPSA) is 104 Å². The van der Waals surface area contributed by atoms with E-state index in [-0.39, 0.29) is 18.3 Å². The van der Waals surface area contributed by atoms with Crippen molar-refractivity contribution in [2.45, 2.75) is 24.7 Å². The molecule has 0 spiro atoms. The number of aromatic nitrogens is 5. The highest BCUT2D eigenvalue weighted by molar-refractivity contribution is 6.33. The zero-order chi connectivity index (χ0) is 26.3. The van der Waals surface area contributed by atoms with Crippen LogP contribution in [0.25, 0.3) is 44.7 Å². The van der Waals surface area contributed by atoms with Crippen molar-refractivity contribution in [1.29, 1.82) is 0 Å². The van der Waals surface area contributed by atoms with E-state index >= 15 is 0 Å². The summed E-state index contributed by atoms with van der Waals surface area (Å²) in [7, 11) is 1.55. The van der Waals surface area contributed by atoms with Crippen molar-refractivity contribution in [2.24, 2.45) is 0 Å². The molecule has 3 aromatic heterocycles. The summed E-state index contributed by atoms with van der Waals surface area (Å²) in [6.45, 7) is 1.18. The molecule has 1 unspecified atom stereocenters. The van der Waals surface area contributed by atoms with Crippen LogP contribution in [0.5, 0.6) is 12.0 Å². The summed E-state index contributed by atoms with van der Waals surface area (Å²) >= 11 is 6.63. The minimum absolute atomic E-state index is 0.0588. The van der Waals surface area contributed by atoms with E-state index in [1.54, 1.807) is 19.5 Å². The standard InChI is InChI=1S/C29H24ClN5O4/c1-36-28-31-13-20(14-32-28)18-4-2-16(3-5-18)17-6-8-19(9-7-17)25-21(30)12-22-27(34-25)35-29(33-22)39-24-15-38-23-10-11-37-26(23)24/h2-9,12-14,23-24,26H,10-11,15H2,1H3,(H,33,34,35)/t23-,24?,26+/m1/s1. The Morgan fingerprint density at radius 3 is 2.23 bits per heavy atom. The van der Waals surface area contributed by atoms with E-state index in [0.29, 0.717) is 47.1 Å². The summed E-state index contributed by atoms with van der Waals surface area (Å²) in [5.41, 5.74) is 6.92. The number of methoxy groups -OCH3 is 1. The number of benzene rings is 2. The van der Waals surface area contributed by atoms with Crippen LogP contribution in [0.3, 0.4) is 0 Å². The SMILES string of the molecule is COc1ncc(-c2ccc(-c3ccc(-c4nc5nc(OC6CO[C@@H]7CCO[C@H]67)[nH]c5cc4Cl)cc3)cc2)cn1. The molecule has 2 aliphatic rings. The number of H-pyrrole nitrogens is 1. The van der Waals surface area contributed by atoms with Gasteiger partial charge in [0.2, 0.25) is 0 Å². The summed E-state index contributed by atoms with van der Waals surface area (Å²) < 4.78 is 22.6. The Bertz CT molecular complexity index is 1620. The molecule has 5 aromatic rings. The van der Waals surface area contributed by atoms with Crippen molar-refractivity contribution in [3.63, 3.8) is 0 Å². The van der Waals surface area contributed by atoms with E-state index in [1.807, 2.05) is 18.2 Å². The first-order valence-corrected chi connectivity index (χ1v) is 13.1. The van der Waals surface area contributed by atoms with E-state index in [2.05, 4.69) is 56.3 Å². The first kappa shape index (κ1) is 24.0. The molecule has 3 atom stereocenters.